The van der Waals surface area contributed by atoms with Gasteiger partial charge in [0.15, 0.2) is 0 Å². The van der Waals surface area contributed by atoms with Crippen molar-refractivity contribution in [1.82, 2.24) is 13.3 Å². The molecule has 0 saturated carbocycles. The Hall–Kier alpha value is -2.50. The lowest BCUT2D eigenvalue weighted by Gasteiger charge is -2.11. The van der Waals surface area contributed by atoms with Crippen LogP contribution in [0.3, 0.4) is 0 Å². The highest BCUT2D eigenvalue weighted by Crippen LogP contribution is 2.30. The summed E-state index contributed by atoms with van der Waals surface area (Å²) in [5, 5.41) is 0.747. The first-order valence-corrected chi connectivity index (χ1v) is 8.65. The number of hydrogen-bond acceptors (Lipinski definition) is 4. The molecule has 0 radical (unpaired) electrons. The van der Waals surface area contributed by atoms with E-state index < -0.39 is 0 Å². The van der Waals surface area contributed by atoms with Gasteiger partial charge in [0.05, 0.1) is 35.4 Å². The van der Waals surface area contributed by atoms with Crippen LogP contribution in [0.5, 0.6) is 0 Å². The lowest BCUT2D eigenvalue weighted by atomic mass is 10.1. The van der Waals surface area contributed by atoms with Gasteiger partial charge in [-0.1, -0.05) is 23.7 Å². The first kappa shape index (κ1) is 13.9. The van der Waals surface area contributed by atoms with Crippen LogP contribution < -0.4 is 0 Å². The number of nitrogens with zero attached hydrogens (tertiary/aromatic N) is 4. The van der Waals surface area contributed by atoms with E-state index in [1.807, 2.05) is 36.5 Å². The molecule has 0 saturated heterocycles. The number of rotatable bonds is 1. The van der Waals surface area contributed by atoms with Gasteiger partial charge >= 0.3 is 0 Å². The summed E-state index contributed by atoms with van der Waals surface area (Å²) in [7, 11) is 0. The van der Waals surface area contributed by atoms with E-state index in [-0.39, 0.29) is 0 Å². The molecular weight excluding hydrogens is 340 g/mol. The Labute approximate surface area is 147 Å². The van der Waals surface area contributed by atoms with Crippen LogP contribution in [0, 0.1) is 0 Å². The Kier molecular flexibility index (Phi) is 3.04. The quantitative estimate of drug-likeness (QED) is 0.507. The monoisotopic (exact) mass is 350 g/mol. The van der Waals surface area contributed by atoms with E-state index in [9.17, 15) is 0 Å². The first-order chi connectivity index (χ1) is 11.8. The molecule has 3 heterocycles. The zero-order valence-corrected chi connectivity index (χ0v) is 14.1. The van der Waals surface area contributed by atoms with E-state index >= 15 is 0 Å². The third-order valence-corrected chi connectivity index (χ3v) is 5.18. The van der Waals surface area contributed by atoms with Crippen LogP contribution in [0.2, 0.25) is 5.02 Å². The minimum atomic E-state index is 0.555. The molecule has 0 amide bonds. The molecule has 0 bridgehead atoms. The number of aliphatic imine (C=N–C) groups is 1. The topological polar surface area (TPSA) is 43.1 Å². The van der Waals surface area contributed by atoms with Gasteiger partial charge in [-0.05, 0) is 36.4 Å². The summed E-state index contributed by atoms with van der Waals surface area (Å²) in [4.78, 5) is 4.87. The van der Waals surface area contributed by atoms with Crippen LogP contribution in [-0.4, -0.2) is 19.0 Å². The third kappa shape index (κ3) is 2.02. The summed E-state index contributed by atoms with van der Waals surface area (Å²) < 4.78 is 10.8. The van der Waals surface area contributed by atoms with Gasteiger partial charge in [-0.2, -0.15) is 8.75 Å². The van der Waals surface area contributed by atoms with E-state index in [1.54, 1.807) is 0 Å². The average molecular weight is 351 g/mol. The maximum atomic E-state index is 6.41. The summed E-state index contributed by atoms with van der Waals surface area (Å²) >= 11 is 7.63. The molecule has 4 aromatic rings. The normalized spacial score (nSPS) is 13.3. The summed E-state index contributed by atoms with van der Waals surface area (Å²) in [6.07, 6.45) is 2.05. The minimum Gasteiger partial charge on any atom is -0.315 e. The fraction of sp³-hybridized carbons (Fsp3) is 0.0556. The summed E-state index contributed by atoms with van der Waals surface area (Å²) in [6.45, 7) is 0.555. The van der Waals surface area contributed by atoms with Crippen LogP contribution in [0.4, 0.5) is 0 Å². The van der Waals surface area contributed by atoms with Crippen LogP contribution in [0.1, 0.15) is 16.8 Å². The van der Waals surface area contributed by atoms with Crippen LogP contribution in [-0.2, 0) is 6.54 Å². The molecule has 0 atom stereocenters. The third-order valence-electron chi connectivity index (χ3n) is 4.27. The van der Waals surface area contributed by atoms with Gasteiger partial charge in [-0.25, -0.2) is 0 Å². The second-order valence-corrected chi connectivity index (χ2v) is 6.57. The molecule has 6 heteroatoms. The second kappa shape index (κ2) is 5.26. The summed E-state index contributed by atoms with van der Waals surface area (Å²) in [5.41, 5.74) is 6.98. The predicted octanol–water partition coefficient (Wildman–Crippen LogP) is 4.49. The molecular formula is C18H11ClN4S. The van der Waals surface area contributed by atoms with Crippen molar-refractivity contribution in [2.75, 3.05) is 0 Å². The van der Waals surface area contributed by atoms with Crippen molar-refractivity contribution >= 4 is 40.1 Å². The van der Waals surface area contributed by atoms with Gasteiger partial charge in [0.1, 0.15) is 11.0 Å². The maximum absolute atomic E-state index is 6.41. The molecule has 0 aliphatic carbocycles. The Balaban J connectivity index is 1.75. The van der Waals surface area contributed by atoms with Crippen molar-refractivity contribution in [3.63, 3.8) is 0 Å². The largest absolute Gasteiger partial charge is 0.315 e. The standard InChI is InChI=1S/C18H11ClN4S/c19-13-3-1-4-16-12(13)10-20-18(17-5-2-8-23(16)17)11-6-7-14-15(9-11)22-24-21-14/h1-9H,10H2. The molecule has 2 aromatic heterocycles. The Morgan fingerprint density at radius 3 is 2.88 bits per heavy atom. The van der Waals surface area contributed by atoms with Gasteiger partial charge in [0.2, 0.25) is 0 Å². The molecule has 24 heavy (non-hydrogen) atoms. The number of fused-ring (bicyclic) bond motifs is 4. The van der Waals surface area contributed by atoms with Crippen LogP contribution >= 0.6 is 23.3 Å². The number of benzene rings is 2. The van der Waals surface area contributed by atoms with E-state index in [0.29, 0.717) is 6.54 Å². The average Bonchev–Trinajstić information content (AvgIpc) is 3.22. The van der Waals surface area contributed by atoms with Crippen molar-refractivity contribution in [3.8, 4) is 5.69 Å². The molecule has 5 rings (SSSR count). The minimum absolute atomic E-state index is 0.555. The molecule has 0 N–H and O–H groups in total. The fourth-order valence-electron chi connectivity index (χ4n) is 3.12. The highest BCUT2D eigenvalue weighted by atomic mass is 35.5. The maximum Gasteiger partial charge on any atom is 0.105 e. The van der Waals surface area contributed by atoms with E-state index in [2.05, 4.69) is 31.5 Å². The molecule has 1 aliphatic rings. The zero-order valence-electron chi connectivity index (χ0n) is 12.5. The van der Waals surface area contributed by atoms with Gasteiger partial charge in [-0.3, -0.25) is 4.99 Å². The fourth-order valence-corrected chi connectivity index (χ4v) is 3.87. The van der Waals surface area contributed by atoms with Gasteiger partial charge in [-0.15, -0.1) is 0 Å². The van der Waals surface area contributed by atoms with Crippen LogP contribution in [0.15, 0.2) is 59.7 Å². The van der Waals surface area contributed by atoms with Gasteiger partial charge in [0.25, 0.3) is 0 Å². The lowest BCUT2D eigenvalue weighted by Crippen LogP contribution is -2.08. The van der Waals surface area contributed by atoms with E-state index in [1.165, 1.54) is 11.7 Å². The van der Waals surface area contributed by atoms with E-state index in [0.717, 1.165) is 44.3 Å². The zero-order chi connectivity index (χ0) is 16.1. The van der Waals surface area contributed by atoms with Crippen molar-refractivity contribution < 1.29 is 0 Å². The van der Waals surface area contributed by atoms with Crippen LogP contribution in [0.25, 0.3) is 16.7 Å². The van der Waals surface area contributed by atoms with Crippen molar-refractivity contribution in [2.24, 2.45) is 4.99 Å². The summed E-state index contributed by atoms with van der Waals surface area (Å²) in [6, 6.07) is 16.2. The molecule has 0 unspecified atom stereocenters. The SMILES string of the molecule is Clc1cccc2c1CN=C(c1ccc3nsnc3c1)c1cccn1-2. The number of hydrogen-bond donors (Lipinski definition) is 0. The van der Waals surface area contributed by atoms with Gasteiger partial charge < -0.3 is 4.57 Å². The molecule has 2 aromatic carbocycles. The Bertz CT molecular complexity index is 1110. The second-order valence-electron chi connectivity index (χ2n) is 5.63. The molecule has 4 nitrogen and oxygen atoms in total. The highest BCUT2D eigenvalue weighted by Gasteiger charge is 2.20. The lowest BCUT2D eigenvalue weighted by molar-refractivity contribution is 1.02. The van der Waals surface area contributed by atoms with Crippen molar-refractivity contribution in [2.45, 2.75) is 6.54 Å². The summed E-state index contributed by atoms with van der Waals surface area (Å²) in [5.74, 6) is 0. The molecule has 0 fully saturated rings. The van der Waals surface area contributed by atoms with E-state index in [4.69, 9.17) is 16.6 Å². The first-order valence-electron chi connectivity index (χ1n) is 7.54. The molecule has 0 spiro atoms. The Morgan fingerprint density at radius 2 is 1.92 bits per heavy atom. The predicted molar refractivity (Wildman–Crippen MR) is 97.5 cm³/mol. The smallest absolute Gasteiger partial charge is 0.105 e. The highest BCUT2D eigenvalue weighted by molar-refractivity contribution is 7.00. The Morgan fingerprint density at radius 1 is 1.00 bits per heavy atom. The molecule has 116 valence electrons. The number of aromatic nitrogens is 3. The van der Waals surface area contributed by atoms with Gasteiger partial charge in [0, 0.05) is 22.3 Å². The van der Waals surface area contributed by atoms with Crippen molar-refractivity contribution in [3.05, 3.63) is 76.6 Å². The number of halogens is 1. The molecule has 1 aliphatic heterocycles. The van der Waals surface area contributed by atoms with Crippen molar-refractivity contribution in [1.29, 1.82) is 0 Å².